The molecular weight excluding hydrogens is 290 g/mol. The van der Waals surface area contributed by atoms with Gasteiger partial charge in [0.05, 0.1) is 0 Å². The average Bonchev–Trinajstić information content (AvgIpc) is 2.98. The highest BCUT2D eigenvalue weighted by atomic mass is 16.4. The molecule has 4 nitrogen and oxygen atoms in total. The van der Waals surface area contributed by atoms with Crippen molar-refractivity contribution in [1.82, 2.24) is 4.90 Å². The number of carbonyl (C=O) groups excluding carboxylic acids is 1. The fraction of sp³-hybridized carbons (Fsp3) is 0.263. The van der Waals surface area contributed by atoms with E-state index in [4.69, 9.17) is 0 Å². The molecule has 1 amide bonds. The van der Waals surface area contributed by atoms with Crippen molar-refractivity contribution in [3.63, 3.8) is 0 Å². The molecule has 0 bridgehead atoms. The minimum Gasteiger partial charge on any atom is -0.480 e. The largest absolute Gasteiger partial charge is 0.480 e. The minimum absolute atomic E-state index is 0.216. The summed E-state index contributed by atoms with van der Waals surface area (Å²) in [6.45, 7) is 2.11. The van der Waals surface area contributed by atoms with Gasteiger partial charge in [0.1, 0.15) is 5.54 Å². The smallest absolute Gasteiger partial charge is 0.329 e. The summed E-state index contributed by atoms with van der Waals surface area (Å²) < 4.78 is 0. The number of amides is 1. The summed E-state index contributed by atoms with van der Waals surface area (Å²) >= 11 is 0. The van der Waals surface area contributed by atoms with Gasteiger partial charge in [0.25, 0.3) is 5.91 Å². The SMILES string of the molecule is CC1(C(=O)O)CCCN1C(=O)c1ccc(-c2ccccc2)cc1. The first-order chi connectivity index (χ1) is 11.0. The van der Waals surface area contributed by atoms with Crippen molar-refractivity contribution in [2.24, 2.45) is 0 Å². The molecule has 2 aromatic rings. The number of hydrogen-bond acceptors (Lipinski definition) is 2. The van der Waals surface area contributed by atoms with Gasteiger partial charge in [-0.05, 0) is 43.0 Å². The van der Waals surface area contributed by atoms with E-state index < -0.39 is 11.5 Å². The topological polar surface area (TPSA) is 57.6 Å². The average molecular weight is 309 g/mol. The van der Waals surface area contributed by atoms with Crippen molar-refractivity contribution < 1.29 is 14.7 Å². The second-order valence-electron chi connectivity index (χ2n) is 6.08. The number of rotatable bonds is 3. The van der Waals surface area contributed by atoms with Crippen molar-refractivity contribution in [2.75, 3.05) is 6.54 Å². The highest BCUT2D eigenvalue weighted by Gasteiger charge is 2.46. The molecule has 0 spiro atoms. The predicted molar refractivity (Wildman–Crippen MR) is 88.2 cm³/mol. The molecule has 23 heavy (non-hydrogen) atoms. The van der Waals surface area contributed by atoms with Crippen LogP contribution >= 0.6 is 0 Å². The highest BCUT2D eigenvalue weighted by molar-refractivity contribution is 5.98. The zero-order valence-corrected chi connectivity index (χ0v) is 13.0. The second kappa shape index (κ2) is 5.88. The molecular formula is C19H19NO3. The molecule has 1 aliphatic rings. The van der Waals surface area contributed by atoms with Gasteiger partial charge >= 0.3 is 5.97 Å². The summed E-state index contributed by atoms with van der Waals surface area (Å²) in [6.07, 6.45) is 1.22. The third-order valence-corrected chi connectivity index (χ3v) is 4.59. The highest BCUT2D eigenvalue weighted by Crippen LogP contribution is 2.31. The van der Waals surface area contributed by atoms with Crippen LogP contribution in [0.25, 0.3) is 11.1 Å². The van der Waals surface area contributed by atoms with E-state index in [0.29, 0.717) is 18.5 Å². The van der Waals surface area contributed by atoms with E-state index in [2.05, 4.69) is 0 Å². The van der Waals surface area contributed by atoms with Crippen molar-refractivity contribution in [3.05, 3.63) is 60.2 Å². The van der Waals surface area contributed by atoms with Gasteiger partial charge in [-0.25, -0.2) is 4.79 Å². The minimum atomic E-state index is -1.10. The maximum absolute atomic E-state index is 12.7. The third-order valence-electron chi connectivity index (χ3n) is 4.59. The van der Waals surface area contributed by atoms with Gasteiger partial charge in [0, 0.05) is 12.1 Å². The number of benzene rings is 2. The normalized spacial score (nSPS) is 20.5. The lowest BCUT2D eigenvalue weighted by atomic mass is 9.98. The van der Waals surface area contributed by atoms with Crippen LogP contribution in [0.15, 0.2) is 54.6 Å². The van der Waals surface area contributed by atoms with Gasteiger partial charge in [-0.15, -0.1) is 0 Å². The molecule has 1 N–H and O–H groups in total. The van der Waals surface area contributed by atoms with Crippen molar-refractivity contribution >= 4 is 11.9 Å². The van der Waals surface area contributed by atoms with Crippen LogP contribution < -0.4 is 0 Å². The number of nitrogens with zero attached hydrogens (tertiary/aromatic N) is 1. The van der Waals surface area contributed by atoms with E-state index in [0.717, 1.165) is 17.5 Å². The predicted octanol–water partition coefficient (Wildman–Crippen LogP) is 3.43. The molecule has 0 aromatic heterocycles. The van der Waals surface area contributed by atoms with Crippen LogP contribution in [0.2, 0.25) is 0 Å². The molecule has 2 aromatic carbocycles. The van der Waals surface area contributed by atoms with Crippen LogP contribution in [0.4, 0.5) is 0 Å². The van der Waals surface area contributed by atoms with Gasteiger partial charge in [0.2, 0.25) is 0 Å². The van der Waals surface area contributed by atoms with E-state index in [1.54, 1.807) is 19.1 Å². The van der Waals surface area contributed by atoms with Crippen LogP contribution in [-0.2, 0) is 4.79 Å². The molecule has 1 saturated heterocycles. The summed E-state index contributed by atoms with van der Waals surface area (Å²) in [5.41, 5.74) is 1.54. The lowest BCUT2D eigenvalue weighted by molar-refractivity contribution is -0.147. The van der Waals surface area contributed by atoms with E-state index in [9.17, 15) is 14.7 Å². The lowest BCUT2D eigenvalue weighted by Gasteiger charge is -2.31. The molecule has 0 saturated carbocycles. The molecule has 1 aliphatic heterocycles. The molecule has 118 valence electrons. The first-order valence-corrected chi connectivity index (χ1v) is 7.73. The summed E-state index contributed by atoms with van der Waals surface area (Å²) in [6, 6.07) is 17.3. The fourth-order valence-corrected chi connectivity index (χ4v) is 3.10. The molecule has 1 heterocycles. The number of carboxylic acid groups (broad SMARTS) is 1. The fourth-order valence-electron chi connectivity index (χ4n) is 3.10. The zero-order valence-electron chi connectivity index (χ0n) is 13.0. The standard InChI is InChI=1S/C19H19NO3/c1-19(18(22)23)12-5-13-20(19)17(21)16-10-8-15(9-11-16)14-6-3-2-4-7-14/h2-4,6-11H,5,12-13H2,1H3,(H,22,23). The summed E-state index contributed by atoms with van der Waals surface area (Å²) in [7, 11) is 0. The maximum Gasteiger partial charge on any atom is 0.329 e. The quantitative estimate of drug-likeness (QED) is 0.945. The lowest BCUT2D eigenvalue weighted by Crippen LogP contribution is -2.50. The van der Waals surface area contributed by atoms with Gasteiger partial charge in [-0.1, -0.05) is 42.5 Å². The Balaban J connectivity index is 1.85. The van der Waals surface area contributed by atoms with Gasteiger partial charge in [-0.2, -0.15) is 0 Å². The van der Waals surface area contributed by atoms with Crippen LogP contribution in [0.3, 0.4) is 0 Å². The maximum atomic E-state index is 12.7. The number of likely N-dealkylation sites (tertiary alicyclic amines) is 1. The number of carboxylic acids is 1. The Labute approximate surface area is 135 Å². The number of aliphatic carboxylic acids is 1. The second-order valence-corrected chi connectivity index (χ2v) is 6.08. The number of hydrogen-bond donors (Lipinski definition) is 1. The van der Waals surface area contributed by atoms with Gasteiger partial charge < -0.3 is 10.0 Å². The van der Waals surface area contributed by atoms with E-state index in [-0.39, 0.29) is 5.91 Å². The molecule has 4 heteroatoms. The zero-order chi connectivity index (χ0) is 16.4. The first kappa shape index (κ1) is 15.3. The van der Waals surface area contributed by atoms with Gasteiger partial charge in [0.15, 0.2) is 0 Å². The van der Waals surface area contributed by atoms with Gasteiger partial charge in [-0.3, -0.25) is 4.79 Å². The summed E-state index contributed by atoms with van der Waals surface area (Å²) in [5.74, 6) is -1.16. The van der Waals surface area contributed by atoms with Crippen molar-refractivity contribution in [3.8, 4) is 11.1 Å². The summed E-state index contributed by atoms with van der Waals surface area (Å²) in [5, 5.41) is 9.44. The van der Waals surface area contributed by atoms with Crippen LogP contribution in [0.5, 0.6) is 0 Å². The van der Waals surface area contributed by atoms with Crippen LogP contribution in [0.1, 0.15) is 30.1 Å². The van der Waals surface area contributed by atoms with E-state index in [1.165, 1.54) is 4.90 Å². The molecule has 0 aliphatic carbocycles. The Hall–Kier alpha value is -2.62. The third kappa shape index (κ3) is 2.72. The molecule has 1 fully saturated rings. The molecule has 3 rings (SSSR count). The Morgan fingerprint density at radius 2 is 1.61 bits per heavy atom. The van der Waals surface area contributed by atoms with Crippen molar-refractivity contribution in [2.45, 2.75) is 25.3 Å². The monoisotopic (exact) mass is 309 g/mol. The van der Waals surface area contributed by atoms with E-state index in [1.807, 2.05) is 42.5 Å². The van der Waals surface area contributed by atoms with Crippen molar-refractivity contribution in [1.29, 1.82) is 0 Å². The molecule has 1 atom stereocenters. The Kier molecular flexibility index (Phi) is 3.90. The number of carbonyl (C=O) groups is 2. The first-order valence-electron chi connectivity index (χ1n) is 7.73. The van der Waals surface area contributed by atoms with Crippen LogP contribution in [-0.4, -0.2) is 34.0 Å². The summed E-state index contributed by atoms with van der Waals surface area (Å²) in [4.78, 5) is 25.7. The molecule has 0 radical (unpaired) electrons. The van der Waals surface area contributed by atoms with E-state index >= 15 is 0 Å². The van der Waals surface area contributed by atoms with Crippen LogP contribution in [0, 0.1) is 0 Å². The Bertz CT molecular complexity index is 724. The Morgan fingerprint density at radius 1 is 1.00 bits per heavy atom. The Morgan fingerprint density at radius 3 is 2.22 bits per heavy atom. The molecule has 1 unspecified atom stereocenters.